The second-order valence-electron chi connectivity index (χ2n) is 5.59. The van der Waals surface area contributed by atoms with E-state index in [0.29, 0.717) is 5.75 Å². The van der Waals surface area contributed by atoms with Gasteiger partial charge in [0.15, 0.2) is 0 Å². The van der Waals surface area contributed by atoms with Crippen molar-refractivity contribution in [2.75, 3.05) is 12.4 Å². The number of methoxy groups -OCH3 is 1. The van der Waals surface area contributed by atoms with E-state index in [1.807, 2.05) is 32.0 Å². The van der Waals surface area contributed by atoms with Crippen LogP contribution in [0.2, 0.25) is 0 Å². The normalized spacial score (nSPS) is 11.5. The number of anilines is 1. The predicted octanol–water partition coefficient (Wildman–Crippen LogP) is 2.61. The molecule has 0 heterocycles. The van der Waals surface area contributed by atoms with Crippen molar-refractivity contribution in [1.82, 2.24) is 0 Å². The number of carbonyl (C=O) groups excluding carboxylic acids is 1. The van der Waals surface area contributed by atoms with Gasteiger partial charge in [0, 0.05) is 6.08 Å². The number of aryl methyl sites for hydroxylation is 2. The van der Waals surface area contributed by atoms with E-state index >= 15 is 0 Å². The van der Waals surface area contributed by atoms with Crippen LogP contribution in [-0.2, 0) is 14.8 Å². The number of nitrogens with two attached hydrogens (primary N) is 1. The van der Waals surface area contributed by atoms with E-state index < -0.39 is 15.9 Å². The number of ether oxygens (including phenoxy) is 1. The van der Waals surface area contributed by atoms with Crippen molar-refractivity contribution in [2.45, 2.75) is 18.7 Å². The highest BCUT2D eigenvalue weighted by atomic mass is 32.2. The van der Waals surface area contributed by atoms with E-state index in [1.165, 1.54) is 31.4 Å². The summed E-state index contributed by atoms with van der Waals surface area (Å²) in [6.07, 6.45) is 3.07. The first-order valence-corrected chi connectivity index (χ1v) is 9.02. The fourth-order valence-electron chi connectivity index (χ4n) is 2.31. The minimum absolute atomic E-state index is 0.109. The first-order valence-electron chi connectivity index (χ1n) is 7.48. The summed E-state index contributed by atoms with van der Waals surface area (Å²) in [4.78, 5) is 12.0. The second-order valence-corrected chi connectivity index (χ2v) is 7.15. The Morgan fingerprint density at radius 2 is 1.88 bits per heavy atom. The average Bonchev–Trinajstić information content (AvgIpc) is 2.53. The summed E-state index contributed by atoms with van der Waals surface area (Å²) in [6, 6.07) is 9.92. The van der Waals surface area contributed by atoms with Crippen LogP contribution in [0.5, 0.6) is 5.75 Å². The van der Waals surface area contributed by atoms with Gasteiger partial charge in [-0.15, -0.1) is 0 Å². The van der Waals surface area contributed by atoms with Crippen molar-refractivity contribution in [2.24, 2.45) is 5.14 Å². The van der Waals surface area contributed by atoms with Crippen molar-refractivity contribution in [3.63, 3.8) is 0 Å². The van der Waals surface area contributed by atoms with Crippen molar-refractivity contribution in [3.05, 3.63) is 59.2 Å². The van der Waals surface area contributed by atoms with E-state index in [0.717, 1.165) is 16.7 Å². The molecule has 0 fully saturated rings. The van der Waals surface area contributed by atoms with Crippen molar-refractivity contribution < 1.29 is 17.9 Å². The topological polar surface area (TPSA) is 98.5 Å². The van der Waals surface area contributed by atoms with Crippen LogP contribution in [-0.4, -0.2) is 21.4 Å². The maximum atomic E-state index is 12.2. The van der Waals surface area contributed by atoms with E-state index in [9.17, 15) is 13.2 Å². The molecule has 132 valence electrons. The standard InChI is InChI=1S/C18H20N2O4S/c1-12-4-5-14(13(2)10-12)6-9-18(21)20-16-11-15(25(19,22)23)7-8-17(16)24-3/h4-11H,1-3H3,(H,20,21)(H2,19,22,23). The molecule has 2 aromatic carbocycles. The van der Waals surface area contributed by atoms with Gasteiger partial charge >= 0.3 is 0 Å². The first kappa shape index (κ1) is 18.7. The number of primary sulfonamides is 1. The molecule has 2 aromatic rings. The Bertz CT molecular complexity index is 934. The van der Waals surface area contributed by atoms with Crippen molar-refractivity contribution in [3.8, 4) is 5.75 Å². The van der Waals surface area contributed by atoms with Gasteiger partial charge in [-0.3, -0.25) is 4.79 Å². The zero-order valence-corrected chi connectivity index (χ0v) is 15.1. The molecule has 0 spiro atoms. The molecule has 7 heteroatoms. The van der Waals surface area contributed by atoms with Gasteiger partial charge in [0.25, 0.3) is 0 Å². The molecule has 0 aromatic heterocycles. The number of carbonyl (C=O) groups is 1. The number of sulfonamides is 1. The molecule has 0 aliphatic rings. The molecule has 3 N–H and O–H groups in total. The lowest BCUT2D eigenvalue weighted by Crippen LogP contribution is -2.14. The molecule has 0 aliphatic carbocycles. The minimum Gasteiger partial charge on any atom is -0.495 e. The SMILES string of the molecule is COc1ccc(S(N)(=O)=O)cc1NC(=O)C=Cc1ccc(C)cc1C. The van der Waals surface area contributed by atoms with Crippen LogP contribution in [0.4, 0.5) is 5.69 Å². The third-order valence-corrected chi connectivity index (χ3v) is 4.51. The van der Waals surface area contributed by atoms with Crippen LogP contribution >= 0.6 is 0 Å². The number of rotatable bonds is 5. The van der Waals surface area contributed by atoms with E-state index in [1.54, 1.807) is 6.08 Å². The van der Waals surface area contributed by atoms with Gasteiger partial charge in [-0.1, -0.05) is 23.8 Å². The zero-order chi connectivity index (χ0) is 18.6. The largest absolute Gasteiger partial charge is 0.495 e. The molecular weight excluding hydrogens is 340 g/mol. The summed E-state index contributed by atoms with van der Waals surface area (Å²) in [5.41, 5.74) is 3.34. The number of amides is 1. The summed E-state index contributed by atoms with van der Waals surface area (Å²) in [5, 5.41) is 7.72. The maximum Gasteiger partial charge on any atom is 0.248 e. The average molecular weight is 360 g/mol. The summed E-state index contributed by atoms with van der Waals surface area (Å²) in [6.45, 7) is 3.96. The predicted molar refractivity (Wildman–Crippen MR) is 97.9 cm³/mol. The third-order valence-electron chi connectivity index (χ3n) is 3.60. The van der Waals surface area contributed by atoms with Crippen LogP contribution in [0.25, 0.3) is 6.08 Å². The highest BCUT2D eigenvalue weighted by Gasteiger charge is 2.13. The molecule has 0 atom stereocenters. The quantitative estimate of drug-likeness (QED) is 0.801. The highest BCUT2D eigenvalue weighted by Crippen LogP contribution is 2.27. The van der Waals surface area contributed by atoms with Crippen LogP contribution in [0.3, 0.4) is 0 Å². The lowest BCUT2D eigenvalue weighted by Gasteiger charge is -2.10. The summed E-state index contributed by atoms with van der Waals surface area (Å²) in [5.74, 6) is -0.0782. The van der Waals surface area contributed by atoms with Crippen LogP contribution < -0.4 is 15.2 Å². The van der Waals surface area contributed by atoms with Crippen LogP contribution in [0.1, 0.15) is 16.7 Å². The minimum atomic E-state index is -3.88. The number of hydrogen-bond donors (Lipinski definition) is 2. The summed E-state index contributed by atoms with van der Waals surface area (Å²) < 4.78 is 28.0. The fourth-order valence-corrected chi connectivity index (χ4v) is 2.85. The monoisotopic (exact) mass is 360 g/mol. The van der Waals surface area contributed by atoms with Gasteiger partial charge in [-0.2, -0.15) is 0 Å². The molecular formula is C18H20N2O4S. The zero-order valence-electron chi connectivity index (χ0n) is 14.2. The van der Waals surface area contributed by atoms with Gasteiger partial charge in [-0.25, -0.2) is 13.6 Å². The molecule has 0 saturated carbocycles. The Morgan fingerprint density at radius 1 is 1.16 bits per heavy atom. The van der Waals surface area contributed by atoms with E-state index in [2.05, 4.69) is 5.32 Å². The Hall–Kier alpha value is -2.64. The lowest BCUT2D eigenvalue weighted by molar-refractivity contribution is -0.111. The molecule has 0 saturated heterocycles. The molecule has 0 bridgehead atoms. The smallest absolute Gasteiger partial charge is 0.248 e. The van der Waals surface area contributed by atoms with Gasteiger partial charge in [0.1, 0.15) is 5.75 Å². The molecule has 0 unspecified atom stereocenters. The molecule has 1 amide bonds. The Morgan fingerprint density at radius 3 is 2.48 bits per heavy atom. The van der Waals surface area contributed by atoms with Gasteiger partial charge in [0.05, 0.1) is 17.7 Å². The van der Waals surface area contributed by atoms with Gasteiger partial charge in [0.2, 0.25) is 15.9 Å². The number of benzene rings is 2. The summed E-state index contributed by atoms with van der Waals surface area (Å²) >= 11 is 0. The summed E-state index contributed by atoms with van der Waals surface area (Å²) in [7, 11) is -2.45. The lowest BCUT2D eigenvalue weighted by atomic mass is 10.1. The second kappa shape index (κ2) is 7.50. The number of hydrogen-bond acceptors (Lipinski definition) is 4. The van der Waals surface area contributed by atoms with E-state index in [-0.39, 0.29) is 10.6 Å². The number of nitrogens with one attached hydrogen (secondary N) is 1. The third kappa shape index (κ3) is 4.91. The molecule has 0 radical (unpaired) electrons. The van der Waals surface area contributed by atoms with Crippen LogP contribution in [0, 0.1) is 13.8 Å². The van der Waals surface area contributed by atoms with E-state index in [4.69, 9.17) is 9.88 Å². The molecule has 0 aliphatic heterocycles. The van der Waals surface area contributed by atoms with Gasteiger partial charge < -0.3 is 10.1 Å². The first-order chi connectivity index (χ1) is 11.7. The fraction of sp³-hybridized carbons (Fsp3) is 0.167. The highest BCUT2D eigenvalue weighted by molar-refractivity contribution is 7.89. The van der Waals surface area contributed by atoms with Crippen molar-refractivity contribution in [1.29, 1.82) is 0 Å². The Balaban J connectivity index is 2.23. The molecule has 25 heavy (non-hydrogen) atoms. The maximum absolute atomic E-state index is 12.2. The Kier molecular flexibility index (Phi) is 5.61. The van der Waals surface area contributed by atoms with Crippen molar-refractivity contribution >= 4 is 27.7 Å². The van der Waals surface area contributed by atoms with Crippen LogP contribution in [0.15, 0.2) is 47.4 Å². The molecule has 2 rings (SSSR count). The van der Waals surface area contributed by atoms with Gasteiger partial charge in [-0.05, 0) is 49.2 Å². The molecule has 6 nitrogen and oxygen atoms in total. The Labute approximate surface area is 147 Å².